The van der Waals surface area contributed by atoms with Crippen molar-refractivity contribution in [2.45, 2.75) is 37.5 Å². The van der Waals surface area contributed by atoms with Crippen molar-refractivity contribution < 1.29 is 47.6 Å². The third kappa shape index (κ3) is 6.55. The lowest BCUT2D eigenvalue weighted by Gasteiger charge is -2.19. The first kappa shape index (κ1) is 25.7. The summed E-state index contributed by atoms with van der Waals surface area (Å²) in [6.45, 7) is -0.876. The SMILES string of the molecule is O=c1ccn([C@@H]2O[C@H](COP(=O)(O)OP(=O)(O)O)C(O)C2O)c(=O)n1CCc1ccccc1. The van der Waals surface area contributed by atoms with Gasteiger partial charge < -0.3 is 29.6 Å². The summed E-state index contributed by atoms with van der Waals surface area (Å²) in [5.74, 6) is 0. The summed E-state index contributed by atoms with van der Waals surface area (Å²) in [5, 5.41) is 20.5. The lowest BCUT2D eigenvalue weighted by atomic mass is 10.1. The molecule has 2 aromatic rings. The Bertz CT molecular complexity index is 1180. The van der Waals surface area contributed by atoms with Crippen LogP contribution in [0.1, 0.15) is 11.8 Å². The van der Waals surface area contributed by atoms with Gasteiger partial charge in [0.1, 0.15) is 18.3 Å². The molecule has 1 aromatic heterocycles. The number of aliphatic hydroxyl groups excluding tert-OH is 2. The number of phosphoric acid groups is 2. The van der Waals surface area contributed by atoms with Gasteiger partial charge in [0.05, 0.1) is 6.61 Å². The maximum absolute atomic E-state index is 12.9. The van der Waals surface area contributed by atoms with E-state index < -0.39 is 58.0 Å². The summed E-state index contributed by atoms with van der Waals surface area (Å²) in [6, 6.07) is 10.2. The van der Waals surface area contributed by atoms with Crippen LogP contribution in [0.4, 0.5) is 0 Å². The molecule has 0 radical (unpaired) electrons. The Morgan fingerprint density at radius 3 is 2.30 bits per heavy atom. The van der Waals surface area contributed by atoms with Gasteiger partial charge in [0.15, 0.2) is 6.23 Å². The van der Waals surface area contributed by atoms with E-state index in [1.807, 2.05) is 30.3 Å². The van der Waals surface area contributed by atoms with Crippen LogP contribution in [-0.2, 0) is 35.7 Å². The molecule has 182 valence electrons. The molecule has 0 amide bonds. The second-order valence-electron chi connectivity index (χ2n) is 7.11. The van der Waals surface area contributed by atoms with Crippen molar-refractivity contribution in [1.82, 2.24) is 9.13 Å². The van der Waals surface area contributed by atoms with E-state index >= 15 is 0 Å². The summed E-state index contributed by atoms with van der Waals surface area (Å²) in [7, 11) is -10.6. The van der Waals surface area contributed by atoms with E-state index in [0.29, 0.717) is 6.42 Å². The number of aliphatic hydroxyl groups is 2. The lowest BCUT2D eigenvalue weighted by Crippen LogP contribution is -2.43. The molecule has 1 saturated heterocycles. The zero-order chi connectivity index (χ0) is 24.4. The predicted octanol–water partition coefficient (Wildman–Crippen LogP) is -0.902. The van der Waals surface area contributed by atoms with Crippen LogP contribution < -0.4 is 11.2 Å². The number of phosphoric ester groups is 1. The van der Waals surface area contributed by atoms with Gasteiger partial charge in [-0.1, -0.05) is 30.3 Å². The average molecular weight is 508 g/mol. The molecular weight excluding hydrogens is 486 g/mol. The molecule has 0 aliphatic carbocycles. The van der Waals surface area contributed by atoms with Gasteiger partial charge in [-0.25, -0.2) is 13.9 Å². The molecule has 1 aromatic carbocycles. The molecule has 3 unspecified atom stereocenters. The Hall–Kier alpha value is -1.96. The number of benzene rings is 1. The highest BCUT2D eigenvalue weighted by atomic mass is 31.3. The highest BCUT2D eigenvalue weighted by molar-refractivity contribution is 7.60. The van der Waals surface area contributed by atoms with Crippen LogP contribution in [0.25, 0.3) is 0 Å². The first-order valence-corrected chi connectivity index (χ1v) is 12.5. The minimum absolute atomic E-state index is 0.0356. The minimum Gasteiger partial charge on any atom is -0.387 e. The number of aryl methyl sites for hydroxylation is 1. The van der Waals surface area contributed by atoms with Crippen molar-refractivity contribution in [3.63, 3.8) is 0 Å². The van der Waals surface area contributed by atoms with Gasteiger partial charge >= 0.3 is 21.3 Å². The van der Waals surface area contributed by atoms with Gasteiger partial charge in [-0.05, 0) is 12.0 Å². The number of hydrogen-bond acceptors (Lipinski definition) is 9. The Labute approximate surface area is 186 Å². The second-order valence-corrected chi connectivity index (χ2v) is 9.94. The Kier molecular flexibility index (Phi) is 7.87. The van der Waals surface area contributed by atoms with Gasteiger partial charge in [-0.15, -0.1) is 0 Å². The van der Waals surface area contributed by atoms with E-state index in [2.05, 4.69) is 8.83 Å². The summed E-state index contributed by atoms with van der Waals surface area (Å²) in [5.41, 5.74) is -0.528. The third-order valence-corrected chi connectivity index (χ3v) is 6.94. The third-order valence-electron chi connectivity index (χ3n) is 4.79. The van der Waals surface area contributed by atoms with Crippen LogP contribution in [0.3, 0.4) is 0 Å². The highest BCUT2D eigenvalue weighted by Gasteiger charge is 2.45. The van der Waals surface area contributed by atoms with Crippen LogP contribution in [0.5, 0.6) is 0 Å². The van der Waals surface area contributed by atoms with Gasteiger partial charge in [-0.2, -0.15) is 4.31 Å². The standard InChI is InChI=1S/C17H22N2O12P2/c20-13-7-9-19(17(23)18(13)8-6-11-4-2-1-3-5-11)16-15(22)14(21)12(30-16)10-29-33(27,28)31-32(24,25)26/h1-5,7,9,12,14-16,21-22H,6,8,10H2,(H,27,28)(H2,24,25,26)/t12-,14?,15?,16-/m1/s1. The molecule has 0 saturated carbocycles. The van der Waals surface area contributed by atoms with Gasteiger partial charge in [0.25, 0.3) is 5.56 Å². The van der Waals surface area contributed by atoms with E-state index in [0.717, 1.165) is 27.0 Å². The first-order valence-electron chi connectivity index (χ1n) is 9.50. The molecule has 0 spiro atoms. The normalized spacial score (nSPS) is 25.1. The highest BCUT2D eigenvalue weighted by Crippen LogP contribution is 2.57. The van der Waals surface area contributed by atoms with Crippen molar-refractivity contribution in [1.29, 1.82) is 0 Å². The number of rotatable bonds is 9. The summed E-state index contributed by atoms with van der Waals surface area (Å²) < 4.78 is 37.5. The van der Waals surface area contributed by atoms with Crippen LogP contribution >= 0.6 is 15.6 Å². The molecule has 1 aliphatic heterocycles. The molecule has 5 atom stereocenters. The van der Waals surface area contributed by atoms with Crippen LogP contribution in [0.2, 0.25) is 0 Å². The van der Waals surface area contributed by atoms with E-state index in [4.69, 9.17) is 14.5 Å². The van der Waals surface area contributed by atoms with Crippen LogP contribution in [0.15, 0.2) is 52.2 Å². The molecule has 5 N–H and O–H groups in total. The van der Waals surface area contributed by atoms with E-state index in [-0.39, 0.29) is 6.54 Å². The van der Waals surface area contributed by atoms with Crippen molar-refractivity contribution in [3.05, 3.63) is 69.0 Å². The van der Waals surface area contributed by atoms with Crippen molar-refractivity contribution >= 4 is 15.6 Å². The summed E-state index contributed by atoms with van der Waals surface area (Å²) >= 11 is 0. The summed E-state index contributed by atoms with van der Waals surface area (Å²) in [6.07, 6.45) is -4.91. The monoisotopic (exact) mass is 508 g/mol. The quantitative estimate of drug-likeness (QED) is 0.261. The number of hydrogen-bond donors (Lipinski definition) is 5. The van der Waals surface area contributed by atoms with Gasteiger partial charge in [0, 0.05) is 18.8 Å². The number of nitrogens with zero attached hydrogens (tertiary/aromatic N) is 2. The molecule has 3 rings (SSSR count). The maximum Gasteiger partial charge on any atom is 0.481 e. The molecule has 33 heavy (non-hydrogen) atoms. The Balaban J connectivity index is 1.75. The maximum atomic E-state index is 12.9. The zero-order valence-corrected chi connectivity index (χ0v) is 18.6. The molecule has 0 bridgehead atoms. The zero-order valence-electron chi connectivity index (χ0n) is 16.9. The van der Waals surface area contributed by atoms with Gasteiger partial charge in [-0.3, -0.25) is 18.5 Å². The fourth-order valence-electron chi connectivity index (χ4n) is 3.24. The van der Waals surface area contributed by atoms with E-state index in [1.165, 1.54) is 0 Å². The molecule has 16 heteroatoms. The molecule has 1 fully saturated rings. The molecular formula is C17H22N2O12P2. The van der Waals surface area contributed by atoms with Crippen molar-refractivity contribution in [2.24, 2.45) is 0 Å². The van der Waals surface area contributed by atoms with Crippen LogP contribution in [0, 0.1) is 0 Å². The Morgan fingerprint density at radius 2 is 1.67 bits per heavy atom. The van der Waals surface area contributed by atoms with Gasteiger partial charge in [0.2, 0.25) is 0 Å². The van der Waals surface area contributed by atoms with Crippen molar-refractivity contribution in [2.75, 3.05) is 6.61 Å². The molecule has 14 nitrogen and oxygen atoms in total. The lowest BCUT2D eigenvalue weighted by molar-refractivity contribution is -0.0548. The number of ether oxygens (including phenoxy) is 1. The average Bonchev–Trinajstić information content (AvgIpc) is 3.00. The van der Waals surface area contributed by atoms with E-state index in [1.54, 1.807) is 0 Å². The fourth-order valence-corrected chi connectivity index (χ4v) is 4.84. The smallest absolute Gasteiger partial charge is 0.387 e. The van der Waals surface area contributed by atoms with E-state index in [9.17, 15) is 33.8 Å². The number of aromatic nitrogens is 2. The largest absolute Gasteiger partial charge is 0.481 e. The molecule has 1 aliphatic rings. The molecule has 2 heterocycles. The topological polar surface area (TPSA) is 207 Å². The predicted molar refractivity (Wildman–Crippen MR) is 110 cm³/mol. The first-order chi connectivity index (χ1) is 15.4. The van der Waals surface area contributed by atoms with Crippen LogP contribution in [-0.4, -0.2) is 58.9 Å². The minimum atomic E-state index is -5.35. The fraction of sp³-hybridized carbons (Fsp3) is 0.412. The van der Waals surface area contributed by atoms with Crippen molar-refractivity contribution in [3.8, 4) is 0 Å². The Morgan fingerprint density at radius 1 is 1.00 bits per heavy atom. The second kappa shape index (κ2) is 10.1. The summed E-state index contributed by atoms with van der Waals surface area (Å²) in [4.78, 5) is 51.6.